The quantitative estimate of drug-likeness (QED) is 0.769. The molecule has 1 aliphatic carbocycles. The molecule has 102 valence electrons. The van der Waals surface area contributed by atoms with Gasteiger partial charge in [-0.15, -0.1) is 11.8 Å². The molecule has 2 rings (SSSR count). The molecule has 0 amide bonds. The SMILES string of the molecule is CCCNC(C#N)(CSc1cccc(C)c1)C1CC1. The van der Waals surface area contributed by atoms with Gasteiger partial charge < -0.3 is 0 Å². The van der Waals surface area contributed by atoms with Crippen molar-refractivity contribution in [3.05, 3.63) is 29.8 Å². The van der Waals surface area contributed by atoms with Crippen molar-refractivity contribution in [1.29, 1.82) is 5.26 Å². The highest BCUT2D eigenvalue weighted by Gasteiger charge is 2.45. The summed E-state index contributed by atoms with van der Waals surface area (Å²) in [5.74, 6) is 1.39. The van der Waals surface area contributed by atoms with Crippen molar-refractivity contribution in [1.82, 2.24) is 5.32 Å². The second-order valence-corrected chi connectivity index (χ2v) is 6.44. The van der Waals surface area contributed by atoms with E-state index in [2.05, 4.69) is 49.5 Å². The number of rotatable bonds is 7. The Labute approximate surface area is 120 Å². The summed E-state index contributed by atoms with van der Waals surface area (Å²) in [6.45, 7) is 5.19. The highest BCUT2D eigenvalue weighted by atomic mass is 32.2. The molecule has 1 aliphatic rings. The molecule has 1 unspecified atom stereocenters. The van der Waals surface area contributed by atoms with Crippen molar-refractivity contribution in [3.63, 3.8) is 0 Å². The van der Waals surface area contributed by atoms with Crippen molar-refractivity contribution >= 4 is 11.8 Å². The minimum Gasteiger partial charge on any atom is -0.298 e. The van der Waals surface area contributed by atoms with E-state index in [0.717, 1.165) is 18.7 Å². The molecule has 0 spiro atoms. The van der Waals surface area contributed by atoms with E-state index in [9.17, 15) is 5.26 Å². The molecule has 0 aromatic heterocycles. The molecule has 1 saturated carbocycles. The van der Waals surface area contributed by atoms with Crippen LogP contribution < -0.4 is 5.32 Å². The first-order valence-corrected chi connectivity index (χ1v) is 8.04. The summed E-state index contributed by atoms with van der Waals surface area (Å²) in [4.78, 5) is 1.26. The Morgan fingerprint density at radius 1 is 1.47 bits per heavy atom. The molecule has 3 heteroatoms. The first-order chi connectivity index (χ1) is 9.20. The van der Waals surface area contributed by atoms with Crippen LogP contribution in [-0.2, 0) is 0 Å². The fourth-order valence-electron chi connectivity index (χ4n) is 2.30. The van der Waals surface area contributed by atoms with Gasteiger partial charge >= 0.3 is 0 Å². The minimum atomic E-state index is -0.329. The highest BCUT2D eigenvalue weighted by molar-refractivity contribution is 7.99. The van der Waals surface area contributed by atoms with E-state index in [1.165, 1.54) is 23.3 Å². The molecule has 1 aromatic carbocycles. The molecule has 19 heavy (non-hydrogen) atoms. The Morgan fingerprint density at radius 2 is 2.26 bits per heavy atom. The van der Waals surface area contributed by atoms with Crippen LogP contribution in [0.15, 0.2) is 29.2 Å². The predicted octanol–water partition coefficient (Wildman–Crippen LogP) is 3.76. The Morgan fingerprint density at radius 3 is 2.84 bits per heavy atom. The molecule has 0 heterocycles. The molecule has 2 nitrogen and oxygen atoms in total. The summed E-state index contributed by atoms with van der Waals surface area (Å²) < 4.78 is 0. The zero-order valence-corrected chi connectivity index (χ0v) is 12.6. The summed E-state index contributed by atoms with van der Waals surface area (Å²) in [5.41, 5.74) is 0.949. The van der Waals surface area contributed by atoms with E-state index in [-0.39, 0.29) is 5.54 Å². The molecule has 1 fully saturated rings. The maximum absolute atomic E-state index is 9.62. The molecule has 0 aliphatic heterocycles. The van der Waals surface area contributed by atoms with E-state index >= 15 is 0 Å². The number of aryl methyl sites for hydroxylation is 1. The second kappa shape index (κ2) is 6.45. The third-order valence-corrected chi connectivity index (χ3v) is 4.81. The molecule has 1 atom stereocenters. The Hall–Kier alpha value is -0.980. The maximum atomic E-state index is 9.62. The van der Waals surface area contributed by atoms with Gasteiger partial charge in [0.2, 0.25) is 0 Å². The number of hydrogen-bond acceptors (Lipinski definition) is 3. The second-order valence-electron chi connectivity index (χ2n) is 5.39. The van der Waals surface area contributed by atoms with Gasteiger partial charge in [-0.25, -0.2) is 0 Å². The summed E-state index contributed by atoms with van der Waals surface area (Å²) in [6.07, 6.45) is 3.46. The summed E-state index contributed by atoms with van der Waals surface area (Å²) in [6, 6.07) is 11.1. The summed E-state index contributed by atoms with van der Waals surface area (Å²) in [5, 5.41) is 13.1. The van der Waals surface area contributed by atoms with E-state index in [1.807, 2.05) is 0 Å². The fourth-order valence-corrected chi connectivity index (χ4v) is 3.54. The van der Waals surface area contributed by atoms with E-state index < -0.39 is 0 Å². The number of nitriles is 1. The van der Waals surface area contributed by atoms with Gasteiger partial charge in [0.15, 0.2) is 0 Å². The van der Waals surface area contributed by atoms with Gasteiger partial charge in [0.1, 0.15) is 5.54 Å². The average molecular weight is 274 g/mol. The van der Waals surface area contributed by atoms with Crippen molar-refractivity contribution in [2.24, 2.45) is 5.92 Å². The van der Waals surface area contributed by atoms with Gasteiger partial charge in [0, 0.05) is 10.6 Å². The molecule has 0 radical (unpaired) electrons. The third-order valence-electron chi connectivity index (χ3n) is 3.62. The largest absolute Gasteiger partial charge is 0.298 e. The van der Waals surface area contributed by atoms with Crippen molar-refractivity contribution in [3.8, 4) is 6.07 Å². The smallest absolute Gasteiger partial charge is 0.119 e. The van der Waals surface area contributed by atoms with Gasteiger partial charge in [0.05, 0.1) is 6.07 Å². The van der Waals surface area contributed by atoms with Crippen LogP contribution in [0.4, 0.5) is 0 Å². The van der Waals surface area contributed by atoms with Crippen LogP contribution in [0.3, 0.4) is 0 Å². The number of thioether (sulfide) groups is 1. The van der Waals surface area contributed by atoms with Crippen LogP contribution in [0, 0.1) is 24.2 Å². The Bertz CT molecular complexity index is 462. The maximum Gasteiger partial charge on any atom is 0.119 e. The summed E-state index contributed by atoms with van der Waals surface area (Å²) >= 11 is 1.80. The standard InChI is InChI=1S/C16H22N2S/c1-3-9-18-16(11-17,14-7-8-14)12-19-15-6-4-5-13(2)10-15/h4-6,10,14,18H,3,7-9,12H2,1-2H3. The molecule has 0 saturated heterocycles. The molecular weight excluding hydrogens is 252 g/mol. The predicted molar refractivity (Wildman–Crippen MR) is 81.3 cm³/mol. The third kappa shape index (κ3) is 3.75. The molecule has 0 bridgehead atoms. The van der Waals surface area contributed by atoms with E-state index in [4.69, 9.17) is 0 Å². The number of benzene rings is 1. The van der Waals surface area contributed by atoms with Gasteiger partial charge in [-0.2, -0.15) is 5.26 Å². The van der Waals surface area contributed by atoms with E-state index in [0.29, 0.717) is 5.92 Å². The van der Waals surface area contributed by atoms with Crippen LogP contribution >= 0.6 is 11.8 Å². The average Bonchev–Trinajstić information content (AvgIpc) is 3.25. The zero-order valence-electron chi connectivity index (χ0n) is 11.8. The van der Waals surface area contributed by atoms with E-state index in [1.54, 1.807) is 11.8 Å². The number of nitrogens with zero attached hydrogens (tertiary/aromatic N) is 1. The lowest BCUT2D eigenvalue weighted by Gasteiger charge is -2.27. The van der Waals surface area contributed by atoms with Crippen LogP contribution in [-0.4, -0.2) is 17.8 Å². The minimum absolute atomic E-state index is 0.329. The molecule has 1 aromatic rings. The van der Waals surface area contributed by atoms with Gasteiger partial charge in [-0.05, 0) is 50.8 Å². The van der Waals surface area contributed by atoms with Gasteiger partial charge in [-0.3, -0.25) is 5.32 Å². The highest BCUT2D eigenvalue weighted by Crippen LogP contribution is 2.42. The topological polar surface area (TPSA) is 35.8 Å². The zero-order chi connectivity index (χ0) is 13.7. The first kappa shape index (κ1) is 14.4. The van der Waals surface area contributed by atoms with Gasteiger partial charge in [0.25, 0.3) is 0 Å². The molecule has 1 N–H and O–H groups in total. The van der Waals surface area contributed by atoms with Crippen LogP contribution in [0.1, 0.15) is 31.7 Å². The number of nitrogens with one attached hydrogen (secondary N) is 1. The van der Waals surface area contributed by atoms with Crippen molar-refractivity contribution < 1.29 is 0 Å². The molecular formula is C16H22N2S. The lowest BCUT2D eigenvalue weighted by atomic mass is 9.97. The van der Waals surface area contributed by atoms with Crippen LogP contribution in [0.5, 0.6) is 0 Å². The fraction of sp³-hybridized carbons (Fsp3) is 0.562. The first-order valence-electron chi connectivity index (χ1n) is 7.06. The lowest BCUT2D eigenvalue weighted by molar-refractivity contribution is 0.406. The van der Waals surface area contributed by atoms with Crippen molar-refractivity contribution in [2.45, 2.75) is 43.5 Å². The van der Waals surface area contributed by atoms with Gasteiger partial charge in [-0.1, -0.05) is 24.6 Å². The van der Waals surface area contributed by atoms with Crippen LogP contribution in [0.2, 0.25) is 0 Å². The Balaban J connectivity index is 2.02. The Kier molecular flexibility index (Phi) is 4.90. The van der Waals surface area contributed by atoms with Crippen LogP contribution in [0.25, 0.3) is 0 Å². The van der Waals surface area contributed by atoms with Crippen molar-refractivity contribution in [2.75, 3.05) is 12.3 Å². The monoisotopic (exact) mass is 274 g/mol. The number of hydrogen-bond donors (Lipinski definition) is 1. The summed E-state index contributed by atoms with van der Waals surface area (Å²) in [7, 11) is 0. The normalized spacial score (nSPS) is 17.7. The lowest BCUT2D eigenvalue weighted by Crippen LogP contribution is -2.48.